The van der Waals surface area contributed by atoms with Gasteiger partial charge in [0.2, 0.25) is 0 Å². The zero-order chi connectivity index (χ0) is 14.9. The summed E-state index contributed by atoms with van der Waals surface area (Å²) in [7, 11) is 0. The van der Waals surface area contributed by atoms with Gasteiger partial charge in [-0.05, 0) is 77.4 Å². The third kappa shape index (κ3) is 13.9. The van der Waals surface area contributed by atoms with Crippen molar-refractivity contribution in [3.05, 3.63) is 24.3 Å². The van der Waals surface area contributed by atoms with E-state index in [4.69, 9.17) is 0 Å². The van der Waals surface area contributed by atoms with Crippen molar-refractivity contribution in [2.75, 3.05) is 19.6 Å². The lowest BCUT2D eigenvalue weighted by Crippen LogP contribution is -2.26. The molecule has 0 N–H and O–H groups in total. The quantitative estimate of drug-likeness (QED) is 0.279. The Morgan fingerprint density at radius 3 is 1.50 bits per heavy atom. The van der Waals surface area contributed by atoms with Crippen molar-refractivity contribution in [3.63, 3.8) is 0 Å². The Balaban J connectivity index is 3.59. The number of rotatable bonds is 14. The topological polar surface area (TPSA) is 3.24 Å². The van der Waals surface area contributed by atoms with E-state index in [1.165, 1.54) is 77.4 Å². The third-order valence-electron chi connectivity index (χ3n) is 3.53. The molecule has 0 heterocycles. The average molecular weight is 280 g/mol. The fraction of sp³-hybridized carbons (Fsp3) is 0.789. The Labute approximate surface area is 128 Å². The van der Waals surface area contributed by atoms with Crippen LogP contribution in [0.25, 0.3) is 0 Å². The lowest BCUT2D eigenvalue weighted by molar-refractivity contribution is 0.263. The van der Waals surface area contributed by atoms with Crippen LogP contribution in [-0.4, -0.2) is 24.5 Å². The van der Waals surface area contributed by atoms with Crippen LogP contribution < -0.4 is 0 Å². The molecule has 0 amide bonds. The van der Waals surface area contributed by atoms with Gasteiger partial charge in [-0.2, -0.15) is 0 Å². The molecule has 0 saturated carbocycles. The van der Waals surface area contributed by atoms with Crippen LogP contribution in [-0.2, 0) is 0 Å². The van der Waals surface area contributed by atoms with Gasteiger partial charge in [0, 0.05) is 0 Å². The highest BCUT2D eigenvalue weighted by Gasteiger charge is 2.02. The van der Waals surface area contributed by atoms with Crippen LogP contribution in [0.4, 0.5) is 0 Å². The van der Waals surface area contributed by atoms with Gasteiger partial charge < -0.3 is 4.90 Å². The zero-order valence-electron chi connectivity index (χ0n) is 14.2. The van der Waals surface area contributed by atoms with E-state index in [0.29, 0.717) is 0 Å². The highest BCUT2D eigenvalue weighted by atomic mass is 15.1. The lowest BCUT2D eigenvalue weighted by atomic mass is 10.2. The van der Waals surface area contributed by atoms with Gasteiger partial charge in [0.15, 0.2) is 0 Å². The normalized spacial score (nSPS) is 12.2. The molecule has 0 aliphatic rings. The van der Waals surface area contributed by atoms with E-state index < -0.39 is 0 Å². The Kier molecular flexibility index (Phi) is 16.0. The number of hydrogen-bond donors (Lipinski definition) is 0. The second kappa shape index (κ2) is 16.5. The van der Waals surface area contributed by atoms with Crippen LogP contribution in [0.2, 0.25) is 0 Å². The van der Waals surface area contributed by atoms with Crippen LogP contribution in [0.5, 0.6) is 0 Å². The Bertz CT molecular complexity index is 208. The summed E-state index contributed by atoms with van der Waals surface area (Å²) < 4.78 is 0. The Morgan fingerprint density at radius 2 is 1.10 bits per heavy atom. The summed E-state index contributed by atoms with van der Waals surface area (Å²) >= 11 is 0. The predicted molar refractivity (Wildman–Crippen MR) is 93.3 cm³/mol. The molecule has 0 saturated heterocycles. The van der Waals surface area contributed by atoms with E-state index >= 15 is 0 Å². The summed E-state index contributed by atoms with van der Waals surface area (Å²) in [5.74, 6) is 0. The van der Waals surface area contributed by atoms with Gasteiger partial charge in [0.1, 0.15) is 0 Å². The molecule has 0 unspecified atom stereocenters. The molecule has 0 atom stereocenters. The van der Waals surface area contributed by atoms with Crippen molar-refractivity contribution >= 4 is 0 Å². The van der Waals surface area contributed by atoms with Crippen LogP contribution in [0, 0.1) is 0 Å². The molecule has 118 valence electrons. The van der Waals surface area contributed by atoms with Gasteiger partial charge >= 0.3 is 0 Å². The van der Waals surface area contributed by atoms with E-state index in [1.807, 2.05) is 0 Å². The first-order valence-corrected chi connectivity index (χ1v) is 8.87. The van der Waals surface area contributed by atoms with Crippen LogP contribution in [0.1, 0.15) is 78.6 Å². The summed E-state index contributed by atoms with van der Waals surface area (Å²) in [5, 5.41) is 0. The second-order valence-electron chi connectivity index (χ2n) is 5.59. The average Bonchev–Trinajstić information content (AvgIpc) is 2.46. The highest BCUT2D eigenvalue weighted by Crippen LogP contribution is 2.05. The summed E-state index contributed by atoms with van der Waals surface area (Å²) in [4.78, 5) is 2.66. The number of nitrogens with zero attached hydrogens (tertiary/aromatic N) is 1. The molecule has 1 nitrogen and oxygen atoms in total. The van der Waals surface area contributed by atoms with Crippen molar-refractivity contribution in [2.45, 2.75) is 78.6 Å². The molecular formula is C19H37N. The molecule has 0 aromatic heterocycles. The van der Waals surface area contributed by atoms with Gasteiger partial charge in [-0.3, -0.25) is 0 Å². The predicted octanol–water partition coefficient (Wildman–Crippen LogP) is 5.97. The molecule has 0 aliphatic carbocycles. The molecule has 0 aromatic rings. The van der Waals surface area contributed by atoms with E-state index in [9.17, 15) is 0 Å². The maximum Gasteiger partial charge on any atom is -0.00186 e. The molecule has 0 aliphatic heterocycles. The van der Waals surface area contributed by atoms with E-state index in [1.54, 1.807) is 0 Å². The largest absolute Gasteiger partial charge is 0.303 e. The van der Waals surface area contributed by atoms with E-state index in [-0.39, 0.29) is 0 Å². The number of hydrogen-bond acceptors (Lipinski definition) is 1. The van der Waals surface area contributed by atoms with Gasteiger partial charge in [-0.1, -0.05) is 45.1 Å². The van der Waals surface area contributed by atoms with Crippen LogP contribution in [0.3, 0.4) is 0 Å². The van der Waals surface area contributed by atoms with Crippen molar-refractivity contribution in [3.8, 4) is 0 Å². The first kappa shape index (κ1) is 19.4. The molecule has 20 heavy (non-hydrogen) atoms. The number of unbranched alkanes of at least 4 members (excludes halogenated alkanes) is 4. The van der Waals surface area contributed by atoms with Crippen molar-refractivity contribution in [1.82, 2.24) is 4.90 Å². The van der Waals surface area contributed by atoms with E-state index in [2.05, 4.69) is 50.0 Å². The number of allylic oxidation sites excluding steroid dienone is 4. The smallest absolute Gasteiger partial charge is 0.00186 e. The molecular weight excluding hydrogens is 242 g/mol. The fourth-order valence-corrected chi connectivity index (χ4v) is 2.42. The molecule has 0 radical (unpaired) electrons. The van der Waals surface area contributed by atoms with E-state index in [0.717, 1.165) is 0 Å². The van der Waals surface area contributed by atoms with Gasteiger partial charge in [0.25, 0.3) is 0 Å². The Morgan fingerprint density at radius 1 is 0.600 bits per heavy atom. The molecule has 0 fully saturated rings. The maximum atomic E-state index is 2.66. The SMILES string of the molecule is CC/C=C/CCCCN(CCC)CCCC/C=C/CC. The maximum absolute atomic E-state index is 2.66. The minimum absolute atomic E-state index is 1.18. The standard InChI is InChI=1S/C19H37N/c1-4-7-9-11-13-15-18-20(17-6-3)19-16-14-12-10-8-5-2/h7-10H,4-6,11-19H2,1-3H3/b9-7+,10-8+. The van der Waals surface area contributed by atoms with Crippen LogP contribution in [0.15, 0.2) is 24.3 Å². The molecule has 0 spiro atoms. The highest BCUT2D eigenvalue weighted by molar-refractivity contribution is 4.80. The first-order chi connectivity index (χ1) is 9.85. The lowest BCUT2D eigenvalue weighted by Gasteiger charge is -2.21. The van der Waals surface area contributed by atoms with Gasteiger partial charge in [-0.25, -0.2) is 0 Å². The third-order valence-corrected chi connectivity index (χ3v) is 3.53. The summed E-state index contributed by atoms with van der Waals surface area (Å²) in [5.41, 5.74) is 0. The second-order valence-corrected chi connectivity index (χ2v) is 5.59. The molecule has 0 aromatic carbocycles. The monoisotopic (exact) mass is 279 g/mol. The summed E-state index contributed by atoms with van der Waals surface area (Å²) in [6.45, 7) is 10.6. The van der Waals surface area contributed by atoms with Gasteiger partial charge in [0.05, 0.1) is 0 Å². The first-order valence-electron chi connectivity index (χ1n) is 8.87. The van der Waals surface area contributed by atoms with Crippen LogP contribution >= 0.6 is 0 Å². The molecule has 0 rings (SSSR count). The van der Waals surface area contributed by atoms with Crippen molar-refractivity contribution in [1.29, 1.82) is 0 Å². The van der Waals surface area contributed by atoms with Crippen molar-refractivity contribution in [2.24, 2.45) is 0 Å². The Hall–Kier alpha value is -0.560. The zero-order valence-corrected chi connectivity index (χ0v) is 14.2. The van der Waals surface area contributed by atoms with Gasteiger partial charge in [-0.15, -0.1) is 0 Å². The van der Waals surface area contributed by atoms with Crippen molar-refractivity contribution < 1.29 is 0 Å². The molecule has 1 heteroatoms. The minimum Gasteiger partial charge on any atom is -0.303 e. The fourth-order valence-electron chi connectivity index (χ4n) is 2.42. The minimum atomic E-state index is 1.18. The molecule has 0 bridgehead atoms. The summed E-state index contributed by atoms with van der Waals surface area (Å²) in [6, 6.07) is 0. The summed E-state index contributed by atoms with van der Waals surface area (Å²) in [6.07, 6.45) is 20.8.